The number of hydrogen-bond acceptors (Lipinski definition) is 2. The summed E-state index contributed by atoms with van der Waals surface area (Å²) in [5, 5.41) is 15.7. The van der Waals surface area contributed by atoms with E-state index in [0.29, 0.717) is 24.9 Å². The number of aliphatic hydroxyl groups is 1. The molecule has 4 nitrogen and oxygen atoms in total. The van der Waals surface area contributed by atoms with Gasteiger partial charge in [0, 0.05) is 18.5 Å². The molecular weight excluding hydrogens is 276 g/mol. The molecule has 1 aromatic rings. The second kappa shape index (κ2) is 8.18. The number of rotatable bonds is 8. The summed E-state index contributed by atoms with van der Waals surface area (Å²) in [4.78, 5) is 12.0. The largest absolute Gasteiger partial charge is 0.393 e. The SMILES string of the molecule is CCCC1CC1NC(=O)NCC(CC(C)O)c1ccccc1. The van der Waals surface area contributed by atoms with Crippen LogP contribution in [0.25, 0.3) is 0 Å². The standard InChI is InChI=1S/C18H28N2O2/c1-3-7-15-11-17(15)20-18(22)19-12-16(10-13(2)21)14-8-5-4-6-9-14/h4-6,8-9,13,15-17,21H,3,7,10-12H2,1-2H3,(H2,19,20,22). The molecule has 2 amide bonds. The normalized spacial score (nSPS) is 22.7. The molecule has 0 heterocycles. The molecule has 4 heteroatoms. The van der Waals surface area contributed by atoms with Gasteiger partial charge >= 0.3 is 6.03 Å². The van der Waals surface area contributed by atoms with Crippen LogP contribution < -0.4 is 10.6 Å². The van der Waals surface area contributed by atoms with Crippen molar-refractivity contribution in [3.8, 4) is 0 Å². The van der Waals surface area contributed by atoms with Gasteiger partial charge in [-0.1, -0.05) is 43.7 Å². The zero-order chi connectivity index (χ0) is 15.9. The van der Waals surface area contributed by atoms with Crippen LogP contribution in [0.15, 0.2) is 30.3 Å². The molecule has 0 spiro atoms. The van der Waals surface area contributed by atoms with Crippen LogP contribution in [0.5, 0.6) is 0 Å². The number of carbonyl (C=O) groups is 1. The predicted molar refractivity (Wildman–Crippen MR) is 88.8 cm³/mol. The van der Waals surface area contributed by atoms with E-state index < -0.39 is 0 Å². The molecule has 0 aromatic heterocycles. The van der Waals surface area contributed by atoms with Gasteiger partial charge in [-0.05, 0) is 37.7 Å². The van der Waals surface area contributed by atoms with Crippen molar-refractivity contribution in [2.75, 3.05) is 6.54 Å². The quantitative estimate of drug-likeness (QED) is 0.691. The summed E-state index contributed by atoms with van der Waals surface area (Å²) in [5.74, 6) is 0.802. The molecule has 1 saturated carbocycles. The molecule has 3 N–H and O–H groups in total. The molecule has 122 valence electrons. The van der Waals surface area contributed by atoms with E-state index in [1.54, 1.807) is 6.92 Å². The molecule has 4 atom stereocenters. The van der Waals surface area contributed by atoms with Crippen molar-refractivity contribution in [2.45, 2.75) is 57.6 Å². The van der Waals surface area contributed by atoms with Crippen LogP contribution in [-0.4, -0.2) is 29.8 Å². The van der Waals surface area contributed by atoms with Gasteiger partial charge in [-0.25, -0.2) is 4.79 Å². The Morgan fingerprint density at radius 3 is 2.73 bits per heavy atom. The number of benzene rings is 1. The Balaban J connectivity index is 1.80. The fourth-order valence-corrected chi connectivity index (χ4v) is 3.02. The highest BCUT2D eigenvalue weighted by molar-refractivity contribution is 5.74. The van der Waals surface area contributed by atoms with Crippen molar-refractivity contribution in [1.29, 1.82) is 0 Å². The minimum Gasteiger partial charge on any atom is -0.393 e. The zero-order valence-corrected chi connectivity index (χ0v) is 13.6. The monoisotopic (exact) mass is 304 g/mol. The number of aliphatic hydroxyl groups excluding tert-OH is 1. The van der Waals surface area contributed by atoms with E-state index >= 15 is 0 Å². The Kier molecular flexibility index (Phi) is 6.25. The highest BCUT2D eigenvalue weighted by Gasteiger charge is 2.37. The van der Waals surface area contributed by atoms with Gasteiger partial charge < -0.3 is 15.7 Å². The summed E-state index contributed by atoms with van der Waals surface area (Å²) in [6.45, 7) is 4.51. The Bertz CT molecular complexity index is 461. The van der Waals surface area contributed by atoms with Gasteiger partial charge in [-0.2, -0.15) is 0 Å². The van der Waals surface area contributed by atoms with Crippen LogP contribution >= 0.6 is 0 Å². The van der Waals surface area contributed by atoms with Crippen LogP contribution in [0.2, 0.25) is 0 Å². The van der Waals surface area contributed by atoms with E-state index in [-0.39, 0.29) is 18.1 Å². The van der Waals surface area contributed by atoms with E-state index in [4.69, 9.17) is 0 Å². The van der Waals surface area contributed by atoms with Gasteiger partial charge in [-0.15, -0.1) is 0 Å². The van der Waals surface area contributed by atoms with Crippen LogP contribution in [0.3, 0.4) is 0 Å². The van der Waals surface area contributed by atoms with Gasteiger partial charge in [-0.3, -0.25) is 0 Å². The maximum atomic E-state index is 12.0. The van der Waals surface area contributed by atoms with Crippen molar-refractivity contribution >= 4 is 6.03 Å². The van der Waals surface area contributed by atoms with Crippen LogP contribution in [0, 0.1) is 5.92 Å². The van der Waals surface area contributed by atoms with E-state index in [2.05, 4.69) is 17.6 Å². The molecule has 1 fully saturated rings. The molecular formula is C18H28N2O2. The van der Waals surface area contributed by atoms with Gasteiger partial charge in [0.1, 0.15) is 0 Å². The molecule has 1 aliphatic carbocycles. The highest BCUT2D eigenvalue weighted by atomic mass is 16.3. The smallest absolute Gasteiger partial charge is 0.315 e. The van der Waals surface area contributed by atoms with Gasteiger partial charge in [0.05, 0.1) is 6.10 Å². The van der Waals surface area contributed by atoms with E-state index in [1.165, 1.54) is 12.8 Å². The summed E-state index contributed by atoms with van der Waals surface area (Å²) in [6, 6.07) is 10.3. The van der Waals surface area contributed by atoms with Gasteiger partial charge in [0.25, 0.3) is 0 Å². The maximum Gasteiger partial charge on any atom is 0.315 e. The van der Waals surface area contributed by atoms with Crippen molar-refractivity contribution < 1.29 is 9.90 Å². The summed E-state index contributed by atoms with van der Waals surface area (Å²) >= 11 is 0. The first-order valence-electron chi connectivity index (χ1n) is 8.37. The Labute approximate surface area is 133 Å². The second-order valence-corrected chi connectivity index (χ2v) is 6.44. The average Bonchev–Trinajstić information content (AvgIpc) is 3.22. The molecule has 0 aliphatic heterocycles. The number of amides is 2. The number of carbonyl (C=O) groups excluding carboxylic acids is 1. The minimum atomic E-state index is -0.382. The fourth-order valence-electron chi connectivity index (χ4n) is 3.02. The predicted octanol–water partition coefficient (Wildman–Crippen LogP) is 3.03. The third-order valence-electron chi connectivity index (χ3n) is 4.30. The van der Waals surface area contributed by atoms with Crippen LogP contribution in [0.4, 0.5) is 4.79 Å². The Morgan fingerprint density at radius 2 is 2.09 bits per heavy atom. The number of hydrogen-bond donors (Lipinski definition) is 3. The lowest BCUT2D eigenvalue weighted by molar-refractivity contribution is 0.173. The minimum absolute atomic E-state index is 0.0878. The van der Waals surface area contributed by atoms with Gasteiger partial charge in [0.2, 0.25) is 0 Å². The second-order valence-electron chi connectivity index (χ2n) is 6.44. The lowest BCUT2D eigenvalue weighted by Crippen LogP contribution is -2.39. The molecule has 2 rings (SSSR count). The van der Waals surface area contributed by atoms with E-state index in [1.807, 2.05) is 30.3 Å². The topological polar surface area (TPSA) is 61.4 Å². The third kappa shape index (κ3) is 5.34. The molecule has 1 aromatic carbocycles. The average molecular weight is 304 g/mol. The fraction of sp³-hybridized carbons (Fsp3) is 0.611. The van der Waals surface area contributed by atoms with E-state index in [0.717, 1.165) is 12.0 Å². The molecule has 22 heavy (non-hydrogen) atoms. The lowest BCUT2D eigenvalue weighted by Gasteiger charge is -2.20. The summed E-state index contributed by atoms with van der Waals surface area (Å²) in [7, 11) is 0. The first kappa shape index (κ1) is 16.8. The molecule has 0 bridgehead atoms. The molecule has 4 unspecified atom stereocenters. The van der Waals surface area contributed by atoms with Crippen LogP contribution in [-0.2, 0) is 0 Å². The Morgan fingerprint density at radius 1 is 1.36 bits per heavy atom. The molecule has 1 aliphatic rings. The van der Waals surface area contributed by atoms with Gasteiger partial charge in [0.15, 0.2) is 0 Å². The van der Waals surface area contributed by atoms with Crippen molar-refractivity contribution in [3.05, 3.63) is 35.9 Å². The van der Waals surface area contributed by atoms with Crippen molar-refractivity contribution in [3.63, 3.8) is 0 Å². The Hall–Kier alpha value is -1.55. The summed E-state index contributed by atoms with van der Waals surface area (Å²) in [5.41, 5.74) is 1.15. The highest BCUT2D eigenvalue weighted by Crippen LogP contribution is 2.34. The first-order valence-corrected chi connectivity index (χ1v) is 8.37. The van der Waals surface area contributed by atoms with Crippen molar-refractivity contribution in [2.24, 2.45) is 5.92 Å². The first-order chi connectivity index (χ1) is 10.6. The lowest BCUT2D eigenvalue weighted by atomic mass is 9.93. The molecule has 0 radical (unpaired) electrons. The number of nitrogens with one attached hydrogen (secondary N) is 2. The van der Waals surface area contributed by atoms with E-state index in [9.17, 15) is 9.90 Å². The third-order valence-corrected chi connectivity index (χ3v) is 4.30. The van der Waals surface area contributed by atoms with Crippen LogP contribution in [0.1, 0.15) is 51.0 Å². The number of urea groups is 1. The van der Waals surface area contributed by atoms with Crippen molar-refractivity contribution in [1.82, 2.24) is 10.6 Å². The zero-order valence-electron chi connectivity index (χ0n) is 13.6. The maximum absolute atomic E-state index is 12.0. The molecule has 0 saturated heterocycles. The summed E-state index contributed by atoms with van der Waals surface area (Å²) < 4.78 is 0. The summed E-state index contributed by atoms with van der Waals surface area (Å²) in [6.07, 6.45) is 3.74.